The second-order valence-electron chi connectivity index (χ2n) is 4.05. The number of amidine groups is 1. The summed E-state index contributed by atoms with van der Waals surface area (Å²) < 4.78 is 43.0. The fourth-order valence-corrected chi connectivity index (χ4v) is 1.61. The largest absolute Gasteiger partial charge is 0.507 e. The zero-order valence-corrected chi connectivity index (χ0v) is 11.2. The van der Waals surface area contributed by atoms with Gasteiger partial charge in [-0.15, -0.1) is 18.2 Å². The molecule has 0 spiro atoms. The molecular weight excluding hydrogens is 295 g/mol. The minimum atomic E-state index is -4.87. The number of para-hydroxylation sites is 2. The van der Waals surface area contributed by atoms with Crippen molar-refractivity contribution in [1.82, 2.24) is 0 Å². The first-order valence-corrected chi connectivity index (χ1v) is 6.14. The Morgan fingerprint density at radius 3 is 2.05 bits per heavy atom. The minimum Gasteiger partial charge on any atom is -0.425 e. The highest BCUT2D eigenvalue weighted by Crippen LogP contribution is 2.22. The molecule has 0 saturated carbocycles. The van der Waals surface area contributed by atoms with Crippen LogP contribution in [0.1, 0.15) is 0 Å². The summed E-state index contributed by atoms with van der Waals surface area (Å²) in [7, 11) is 0. The Morgan fingerprint density at radius 1 is 1.00 bits per heavy atom. The van der Waals surface area contributed by atoms with Crippen LogP contribution in [0, 0.1) is 11.5 Å². The van der Waals surface area contributed by atoms with Gasteiger partial charge in [-0.1, -0.05) is 36.4 Å². The zero-order valence-electron chi connectivity index (χ0n) is 11.2. The number of aliphatic imine (C=N–C) groups is 1. The summed E-state index contributed by atoms with van der Waals surface area (Å²) in [6.45, 7) is 0. The third kappa shape index (κ3) is 4.24. The van der Waals surface area contributed by atoms with E-state index in [1.807, 2.05) is 0 Å². The lowest BCUT2D eigenvalue weighted by Gasteiger charge is -2.18. The third-order valence-electron chi connectivity index (χ3n) is 2.48. The number of nitriles is 1. The van der Waals surface area contributed by atoms with Crippen LogP contribution in [0.2, 0.25) is 0 Å². The predicted molar refractivity (Wildman–Crippen MR) is 75.1 cm³/mol. The molecular formula is C15H10F3N3O. The molecule has 0 amide bonds. The molecule has 2 aromatic rings. The van der Waals surface area contributed by atoms with Gasteiger partial charge in [0.05, 0.1) is 5.69 Å². The van der Waals surface area contributed by atoms with Crippen LogP contribution in [-0.4, -0.2) is 12.3 Å². The zero-order chi connectivity index (χ0) is 16.0. The van der Waals surface area contributed by atoms with Crippen molar-refractivity contribution in [2.24, 2.45) is 4.99 Å². The van der Waals surface area contributed by atoms with Crippen molar-refractivity contribution in [3.63, 3.8) is 0 Å². The standard InChI is InChI=1S/C15H10F3N3O/c16-15(17,18)20-14(22-13-9-5-2-6-10-13)21(11-19)12-7-3-1-4-8-12/h1-10H. The van der Waals surface area contributed by atoms with Crippen LogP contribution >= 0.6 is 0 Å². The molecule has 22 heavy (non-hydrogen) atoms. The summed E-state index contributed by atoms with van der Waals surface area (Å²) in [5.41, 5.74) is 0.212. The third-order valence-corrected chi connectivity index (χ3v) is 2.48. The number of alkyl halides is 3. The Hall–Kier alpha value is -3.01. The first-order valence-electron chi connectivity index (χ1n) is 6.14. The molecule has 0 N–H and O–H groups in total. The van der Waals surface area contributed by atoms with Crippen molar-refractivity contribution in [3.05, 3.63) is 60.7 Å². The molecule has 0 radical (unpaired) electrons. The second-order valence-corrected chi connectivity index (χ2v) is 4.05. The van der Waals surface area contributed by atoms with Gasteiger partial charge in [0.1, 0.15) is 5.75 Å². The van der Waals surface area contributed by atoms with Gasteiger partial charge in [-0.2, -0.15) is 10.2 Å². The van der Waals surface area contributed by atoms with Crippen molar-refractivity contribution >= 4 is 11.7 Å². The highest BCUT2D eigenvalue weighted by atomic mass is 19.4. The molecule has 4 nitrogen and oxygen atoms in total. The summed E-state index contributed by atoms with van der Waals surface area (Å²) in [6, 6.07) is 14.8. The monoisotopic (exact) mass is 305 g/mol. The van der Waals surface area contributed by atoms with Crippen LogP contribution in [0.25, 0.3) is 0 Å². The molecule has 0 atom stereocenters. The molecule has 0 bridgehead atoms. The van der Waals surface area contributed by atoms with Crippen LogP contribution in [-0.2, 0) is 0 Å². The van der Waals surface area contributed by atoms with Crippen LogP contribution in [0.4, 0.5) is 18.9 Å². The first-order chi connectivity index (χ1) is 10.5. The maximum Gasteiger partial charge on any atom is 0.507 e. The van der Waals surface area contributed by atoms with Crippen LogP contribution in [0.15, 0.2) is 65.7 Å². The van der Waals surface area contributed by atoms with Crippen molar-refractivity contribution in [1.29, 1.82) is 5.26 Å². The molecule has 0 aliphatic heterocycles. The summed E-state index contributed by atoms with van der Waals surface area (Å²) in [5.74, 6) is 0.140. The number of hydrogen-bond donors (Lipinski definition) is 0. The van der Waals surface area contributed by atoms with Gasteiger partial charge in [-0.3, -0.25) is 0 Å². The van der Waals surface area contributed by atoms with Gasteiger partial charge in [-0.25, -0.2) is 0 Å². The van der Waals surface area contributed by atoms with E-state index < -0.39 is 12.3 Å². The van der Waals surface area contributed by atoms with Gasteiger partial charge in [-0.05, 0) is 24.3 Å². The number of anilines is 1. The minimum absolute atomic E-state index is 0.140. The highest BCUT2D eigenvalue weighted by molar-refractivity contribution is 5.95. The molecule has 0 unspecified atom stereocenters. The topological polar surface area (TPSA) is 48.6 Å². The van der Waals surface area contributed by atoms with Crippen molar-refractivity contribution in [3.8, 4) is 11.9 Å². The summed E-state index contributed by atoms with van der Waals surface area (Å²) in [4.78, 5) is 3.22. The molecule has 2 aromatic carbocycles. The normalized spacial score (nSPS) is 11.6. The molecule has 0 saturated heterocycles. The summed E-state index contributed by atoms with van der Waals surface area (Å²) in [5, 5.41) is 9.17. The van der Waals surface area contributed by atoms with Gasteiger partial charge >= 0.3 is 12.3 Å². The number of halogens is 3. The number of rotatable bonds is 2. The number of hydrogen-bond acceptors (Lipinski definition) is 3. The molecule has 0 heterocycles. The highest BCUT2D eigenvalue weighted by Gasteiger charge is 2.31. The number of nitrogens with zero attached hydrogens (tertiary/aromatic N) is 3. The lowest BCUT2D eigenvalue weighted by Crippen LogP contribution is -2.33. The van der Waals surface area contributed by atoms with E-state index in [1.165, 1.54) is 24.3 Å². The van der Waals surface area contributed by atoms with E-state index in [2.05, 4.69) is 4.99 Å². The van der Waals surface area contributed by atoms with Crippen molar-refractivity contribution in [2.75, 3.05) is 4.90 Å². The smallest absolute Gasteiger partial charge is 0.425 e. The fraction of sp³-hybridized carbons (Fsp3) is 0.0667. The fourth-order valence-electron chi connectivity index (χ4n) is 1.61. The Balaban J connectivity index is 2.40. The Kier molecular flexibility index (Phi) is 4.63. The molecule has 0 aliphatic rings. The van der Waals surface area contributed by atoms with Crippen molar-refractivity contribution < 1.29 is 17.9 Å². The van der Waals surface area contributed by atoms with E-state index in [4.69, 9.17) is 4.74 Å². The maximum atomic E-state index is 12.6. The number of ether oxygens (including phenoxy) is 1. The molecule has 112 valence electrons. The molecule has 2 rings (SSSR count). The predicted octanol–water partition coefficient (Wildman–Crippen LogP) is 3.93. The lowest BCUT2D eigenvalue weighted by atomic mass is 10.3. The van der Waals surface area contributed by atoms with Gasteiger partial charge in [0, 0.05) is 0 Å². The molecule has 0 aliphatic carbocycles. The Labute approximate surface area is 124 Å². The number of benzene rings is 2. The van der Waals surface area contributed by atoms with E-state index >= 15 is 0 Å². The molecule has 0 aromatic heterocycles. The van der Waals surface area contributed by atoms with Crippen molar-refractivity contribution in [2.45, 2.75) is 6.30 Å². The molecule has 0 fully saturated rings. The van der Waals surface area contributed by atoms with Gasteiger partial charge < -0.3 is 4.74 Å². The van der Waals surface area contributed by atoms with Gasteiger partial charge in [0.25, 0.3) is 0 Å². The summed E-state index contributed by atoms with van der Waals surface area (Å²) in [6.07, 6.45) is -3.23. The second kappa shape index (κ2) is 6.63. The SMILES string of the molecule is N#CN(C(=NC(F)(F)F)Oc1ccccc1)c1ccccc1. The van der Waals surface area contributed by atoms with Gasteiger partial charge in [0.2, 0.25) is 0 Å². The Bertz CT molecular complexity index is 679. The molecule has 7 heteroatoms. The lowest BCUT2D eigenvalue weighted by molar-refractivity contribution is -0.120. The van der Waals surface area contributed by atoms with E-state index in [-0.39, 0.29) is 11.4 Å². The van der Waals surface area contributed by atoms with E-state index in [1.54, 1.807) is 42.6 Å². The first kappa shape index (κ1) is 15.4. The van der Waals surface area contributed by atoms with Crippen LogP contribution < -0.4 is 9.64 Å². The van der Waals surface area contributed by atoms with Crippen LogP contribution in [0.5, 0.6) is 5.75 Å². The van der Waals surface area contributed by atoms with E-state index in [0.717, 1.165) is 0 Å². The average Bonchev–Trinajstić information content (AvgIpc) is 2.48. The van der Waals surface area contributed by atoms with E-state index in [9.17, 15) is 18.4 Å². The Morgan fingerprint density at radius 2 is 1.55 bits per heavy atom. The van der Waals surface area contributed by atoms with E-state index in [0.29, 0.717) is 4.90 Å². The summed E-state index contributed by atoms with van der Waals surface area (Å²) >= 11 is 0. The average molecular weight is 305 g/mol. The van der Waals surface area contributed by atoms with Gasteiger partial charge in [0.15, 0.2) is 6.19 Å². The quantitative estimate of drug-likeness (QED) is 0.278. The van der Waals surface area contributed by atoms with Crippen LogP contribution in [0.3, 0.4) is 0 Å². The maximum absolute atomic E-state index is 12.6.